The molecule has 0 N–H and O–H groups in total. The van der Waals surface area contributed by atoms with Crippen molar-refractivity contribution >= 4 is 28.4 Å². The number of rotatable bonds is 9. The van der Waals surface area contributed by atoms with E-state index in [2.05, 4.69) is 272 Å². The Balaban J connectivity index is 1.02. The van der Waals surface area contributed by atoms with Crippen LogP contribution in [-0.2, 0) is 10.8 Å². The maximum Gasteiger partial charge on any atom is 0.0714 e. The van der Waals surface area contributed by atoms with Crippen molar-refractivity contribution in [3.8, 4) is 33.4 Å². The van der Waals surface area contributed by atoms with Gasteiger partial charge < -0.3 is 9.80 Å². The van der Waals surface area contributed by atoms with Crippen LogP contribution in [-0.4, -0.2) is 6.04 Å². The van der Waals surface area contributed by atoms with Crippen molar-refractivity contribution in [2.75, 3.05) is 9.80 Å². The molecule has 1 atom stereocenters. The van der Waals surface area contributed by atoms with Gasteiger partial charge in [0.1, 0.15) is 0 Å². The van der Waals surface area contributed by atoms with Gasteiger partial charge in [-0.3, -0.25) is 0 Å². The highest BCUT2D eigenvalue weighted by Gasteiger charge is 2.46. The normalized spacial score (nSPS) is 15.6. The van der Waals surface area contributed by atoms with E-state index in [1.165, 1.54) is 66.8 Å². The van der Waals surface area contributed by atoms with Gasteiger partial charge >= 0.3 is 0 Å². The predicted octanol–water partition coefficient (Wildman–Crippen LogP) is 16.5. The van der Waals surface area contributed by atoms with Gasteiger partial charge in [-0.2, -0.15) is 0 Å². The largest absolute Gasteiger partial charge is 0.334 e. The molecule has 316 valence electrons. The van der Waals surface area contributed by atoms with E-state index >= 15 is 0 Å². The first kappa shape index (κ1) is 39.6. The van der Waals surface area contributed by atoms with Gasteiger partial charge in [0.15, 0.2) is 0 Å². The van der Waals surface area contributed by atoms with E-state index in [1.54, 1.807) is 0 Å². The van der Waals surface area contributed by atoms with Crippen LogP contribution in [0.1, 0.15) is 53.6 Å². The lowest BCUT2D eigenvalue weighted by atomic mass is 9.67. The van der Waals surface area contributed by atoms with E-state index in [0.717, 1.165) is 34.9 Å². The highest BCUT2D eigenvalue weighted by atomic mass is 15.2. The van der Waals surface area contributed by atoms with E-state index in [0.29, 0.717) is 0 Å². The molecule has 0 heterocycles. The molecule has 0 aliphatic heterocycles. The van der Waals surface area contributed by atoms with E-state index < -0.39 is 5.41 Å². The Morgan fingerprint density at radius 2 is 0.894 bits per heavy atom. The zero-order valence-corrected chi connectivity index (χ0v) is 37.4. The molecule has 0 saturated carbocycles. The number of hydrogen-bond donors (Lipinski definition) is 0. The van der Waals surface area contributed by atoms with Crippen molar-refractivity contribution < 1.29 is 0 Å². The standard InChI is InChI=1S/C64H50N2/c1-63(2)59-33-15-12-30-55(59)58-41-40-54(44-62(58)63)66(50-38-36-46(37-39-50)45-20-6-3-7-21-45)53-29-19-28-52(43-53)65(49-25-10-5-11-26-49)51-27-18-24-48(42-51)64(47-22-8-4-9-23-47)60-34-16-13-31-56(60)57-32-14-17-35-61(57)64/h3-25,27-44,49H,26H2,1-2H3. The molecule has 0 aromatic heterocycles. The lowest BCUT2D eigenvalue weighted by molar-refractivity contribution is 0.660. The highest BCUT2D eigenvalue weighted by molar-refractivity contribution is 5.89. The second-order valence-electron chi connectivity index (χ2n) is 18.4. The molecule has 0 fully saturated rings. The summed E-state index contributed by atoms with van der Waals surface area (Å²) in [6, 6.07) is 83.5. The summed E-state index contributed by atoms with van der Waals surface area (Å²) < 4.78 is 0. The van der Waals surface area contributed by atoms with Gasteiger partial charge in [-0.1, -0.05) is 208 Å². The average Bonchev–Trinajstić information content (AvgIpc) is 3.81. The Kier molecular flexibility index (Phi) is 9.57. The Morgan fingerprint density at radius 1 is 0.379 bits per heavy atom. The minimum Gasteiger partial charge on any atom is -0.334 e. The van der Waals surface area contributed by atoms with Crippen LogP contribution in [0.4, 0.5) is 28.4 Å². The monoisotopic (exact) mass is 846 g/mol. The van der Waals surface area contributed by atoms with Crippen molar-refractivity contribution in [2.45, 2.75) is 37.1 Å². The predicted molar refractivity (Wildman–Crippen MR) is 277 cm³/mol. The molecule has 0 radical (unpaired) electrons. The molecule has 0 amide bonds. The Labute approximate surface area is 389 Å². The first-order valence-electron chi connectivity index (χ1n) is 23.3. The molecular formula is C64H50N2. The van der Waals surface area contributed by atoms with Crippen LogP contribution in [0.5, 0.6) is 0 Å². The Bertz CT molecular complexity index is 3280. The number of nitrogens with zero attached hydrogens (tertiary/aromatic N) is 2. The molecule has 0 saturated heterocycles. The number of allylic oxidation sites excluding steroid dienone is 2. The summed E-state index contributed by atoms with van der Waals surface area (Å²) in [6.45, 7) is 4.73. The van der Waals surface area contributed by atoms with Crippen molar-refractivity contribution in [3.05, 3.63) is 282 Å². The minimum absolute atomic E-state index is 0.106. The second kappa shape index (κ2) is 15.9. The molecule has 3 aliphatic rings. The summed E-state index contributed by atoms with van der Waals surface area (Å²) >= 11 is 0. The quantitative estimate of drug-likeness (QED) is 0.143. The van der Waals surface area contributed by atoms with E-state index in [-0.39, 0.29) is 11.5 Å². The summed E-state index contributed by atoms with van der Waals surface area (Å²) in [7, 11) is 0. The second-order valence-corrected chi connectivity index (χ2v) is 18.4. The number of anilines is 5. The summed E-state index contributed by atoms with van der Waals surface area (Å²) in [5.74, 6) is 0. The average molecular weight is 847 g/mol. The third-order valence-corrected chi connectivity index (χ3v) is 14.4. The fraction of sp³-hybridized carbons (Fsp3) is 0.0938. The minimum atomic E-state index is -0.496. The van der Waals surface area contributed by atoms with E-state index in [1.807, 2.05) is 0 Å². The fourth-order valence-corrected chi connectivity index (χ4v) is 11.4. The van der Waals surface area contributed by atoms with E-state index in [9.17, 15) is 0 Å². The molecular weight excluding hydrogens is 797 g/mol. The summed E-state index contributed by atoms with van der Waals surface area (Å²) in [4.78, 5) is 5.00. The van der Waals surface area contributed by atoms with Crippen LogP contribution in [0.15, 0.2) is 249 Å². The Morgan fingerprint density at radius 3 is 1.58 bits per heavy atom. The van der Waals surface area contributed by atoms with Crippen LogP contribution < -0.4 is 9.80 Å². The van der Waals surface area contributed by atoms with Gasteiger partial charge in [0.25, 0.3) is 0 Å². The van der Waals surface area contributed by atoms with Crippen molar-refractivity contribution in [3.63, 3.8) is 0 Å². The van der Waals surface area contributed by atoms with Gasteiger partial charge in [0.05, 0.1) is 11.5 Å². The van der Waals surface area contributed by atoms with Gasteiger partial charge in [0, 0.05) is 33.9 Å². The van der Waals surface area contributed by atoms with Gasteiger partial charge in [0.2, 0.25) is 0 Å². The lowest BCUT2D eigenvalue weighted by Gasteiger charge is -2.37. The van der Waals surface area contributed by atoms with Gasteiger partial charge in [-0.05, 0) is 128 Å². The molecule has 0 bridgehead atoms. The third-order valence-electron chi connectivity index (χ3n) is 14.4. The van der Waals surface area contributed by atoms with Crippen LogP contribution in [0.25, 0.3) is 33.4 Å². The highest BCUT2D eigenvalue weighted by Crippen LogP contribution is 2.57. The summed E-state index contributed by atoms with van der Waals surface area (Å²) in [5.41, 5.74) is 20.5. The molecule has 9 aromatic rings. The molecule has 66 heavy (non-hydrogen) atoms. The van der Waals surface area contributed by atoms with Crippen molar-refractivity contribution in [1.29, 1.82) is 0 Å². The number of hydrogen-bond acceptors (Lipinski definition) is 2. The molecule has 3 aliphatic carbocycles. The maximum atomic E-state index is 2.55. The van der Waals surface area contributed by atoms with Crippen LogP contribution in [0.3, 0.4) is 0 Å². The van der Waals surface area contributed by atoms with Crippen LogP contribution >= 0.6 is 0 Å². The fourth-order valence-electron chi connectivity index (χ4n) is 11.4. The molecule has 0 spiro atoms. The molecule has 2 nitrogen and oxygen atoms in total. The SMILES string of the molecule is CC1(C)c2ccccc2-c2ccc(N(c3ccc(-c4ccccc4)cc3)c3cccc(N(c4cccc(C5(c6ccccc6)c6ccccc6-c6ccccc65)c4)C4C=CC=CC4)c3)cc21. The number of fused-ring (bicyclic) bond motifs is 6. The van der Waals surface area contributed by atoms with E-state index in [4.69, 9.17) is 0 Å². The molecule has 9 aromatic carbocycles. The first-order chi connectivity index (χ1) is 32.5. The molecule has 1 unspecified atom stereocenters. The van der Waals surface area contributed by atoms with Crippen LogP contribution in [0.2, 0.25) is 0 Å². The zero-order valence-electron chi connectivity index (χ0n) is 37.4. The van der Waals surface area contributed by atoms with Gasteiger partial charge in [-0.15, -0.1) is 0 Å². The lowest BCUT2D eigenvalue weighted by Crippen LogP contribution is -2.32. The smallest absolute Gasteiger partial charge is 0.0714 e. The zero-order chi connectivity index (χ0) is 44.2. The van der Waals surface area contributed by atoms with Crippen LogP contribution in [0, 0.1) is 0 Å². The van der Waals surface area contributed by atoms with Crippen molar-refractivity contribution in [2.24, 2.45) is 0 Å². The van der Waals surface area contributed by atoms with Crippen molar-refractivity contribution in [1.82, 2.24) is 0 Å². The first-order valence-corrected chi connectivity index (χ1v) is 23.3. The molecule has 12 rings (SSSR count). The number of benzene rings is 9. The summed E-state index contributed by atoms with van der Waals surface area (Å²) in [6.07, 6.45) is 9.92. The topological polar surface area (TPSA) is 6.48 Å². The maximum absolute atomic E-state index is 2.55. The van der Waals surface area contributed by atoms with Gasteiger partial charge in [-0.25, -0.2) is 0 Å². The molecule has 2 heteroatoms. The summed E-state index contributed by atoms with van der Waals surface area (Å²) in [5, 5.41) is 0. The Hall–Kier alpha value is -7.94. The third kappa shape index (κ3) is 6.31.